The van der Waals surface area contributed by atoms with E-state index in [0.29, 0.717) is 11.5 Å². The van der Waals surface area contributed by atoms with Gasteiger partial charge in [0.05, 0.1) is 17.0 Å². The number of hydrogen-bond acceptors (Lipinski definition) is 3. The van der Waals surface area contributed by atoms with E-state index >= 15 is 0 Å². The summed E-state index contributed by atoms with van der Waals surface area (Å²) in [7, 11) is -3.47. The van der Waals surface area contributed by atoms with Gasteiger partial charge in [0.2, 0.25) is 10.0 Å². The first-order valence-corrected chi connectivity index (χ1v) is 8.72. The number of rotatable bonds is 4. The SMILES string of the molecule is Cc1ccc(S(=O)(=O)NC2(C3CO3)CCCCC2)cc1. The van der Waals surface area contributed by atoms with Gasteiger partial charge in [-0.15, -0.1) is 0 Å². The summed E-state index contributed by atoms with van der Waals surface area (Å²) in [5.74, 6) is 0. The van der Waals surface area contributed by atoms with Crippen molar-refractivity contribution >= 4 is 10.0 Å². The van der Waals surface area contributed by atoms with Crippen LogP contribution in [0.15, 0.2) is 29.2 Å². The van der Waals surface area contributed by atoms with E-state index in [2.05, 4.69) is 4.72 Å². The van der Waals surface area contributed by atoms with Crippen molar-refractivity contribution < 1.29 is 13.2 Å². The number of hydrogen-bond donors (Lipinski definition) is 1. The van der Waals surface area contributed by atoms with Gasteiger partial charge >= 0.3 is 0 Å². The van der Waals surface area contributed by atoms with Gasteiger partial charge in [-0.25, -0.2) is 13.1 Å². The van der Waals surface area contributed by atoms with Crippen LogP contribution in [0.5, 0.6) is 0 Å². The maximum atomic E-state index is 12.6. The lowest BCUT2D eigenvalue weighted by molar-refractivity contribution is 0.201. The Hall–Kier alpha value is -0.910. The van der Waals surface area contributed by atoms with Crippen molar-refractivity contribution in [3.63, 3.8) is 0 Å². The van der Waals surface area contributed by atoms with E-state index in [1.165, 1.54) is 6.42 Å². The molecule has 1 N–H and O–H groups in total. The van der Waals surface area contributed by atoms with Gasteiger partial charge in [0.15, 0.2) is 0 Å². The lowest BCUT2D eigenvalue weighted by Gasteiger charge is -2.36. The second-order valence-electron chi connectivity index (χ2n) is 5.96. The average Bonchev–Trinajstić information content (AvgIpc) is 3.24. The average molecular weight is 295 g/mol. The molecule has 20 heavy (non-hydrogen) atoms. The van der Waals surface area contributed by atoms with E-state index in [-0.39, 0.29) is 11.6 Å². The molecule has 2 fully saturated rings. The number of benzene rings is 1. The zero-order valence-corrected chi connectivity index (χ0v) is 12.6. The van der Waals surface area contributed by atoms with Crippen LogP contribution in [-0.2, 0) is 14.8 Å². The molecule has 1 unspecified atom stereocenters. The summed E-state index contributed by atoms with van der Waals surface area (Å²) in [6, 6.07) is 7.00. The molecule has 0 bridgehead atoms. The highest BCUT2D eigenvalue weighted by molar-refractivity contribution is 7.89. The first kappa shape index (κ1) is 14.0. The summed E-state index contributed by atoms with van der Waals surface area (Å²) in [6.07, 6.45) is 5.13. The Kier molecular flexibility index (Phi) is 3.60. The molecule has 1 saturated heterocycles. The fraction of sp³-hybridized carbons (Fsp3) is 0.600. The van der Waals surface area contributed by atoms with Gasteiger partial charge in [-0.1, -0.05) is 37.0 Å². The molecule has 3 rings (SSSR count). The van der Waals surface area contributed by atoms with Crippen molar-refractivity contribution in [1.82, 2.24) is 4.72 Å². The molecule has 1 aromatic carbocycles. The molecule has 1 aliphatic carbocycles. The number of nitrogens with one attached hydrogen (secondary N) is 1. The Balaban J connectivity index is 1.85. The van der Waals surface area contributed by atoms with Gasteiger partial charge in [0.25, 0.3) is 0 Å². The molecule has 0 spiro atoms. The molecule has 1 aromatic rings. The van der Waals surface area contributed by atoms with Crippen LogP contribution >= 0.6 is 0 Å². The predicted molar refractivity (Wildman–Crippen MR) is 77.1 cm³/mol. The molecule has 0 radical (unpaired) electrons. The summed E-state index contributed by atoms with van der Waals surface area (Å²) in [4.78, 5) is 0.341. The highest BCUT2D eigenvalue weighted by Crippen LogP contribution is 2.38. The Labute approximate surface area is 120 Å². The zero-order chi connectivity index (χ0) is 14.2. The highest BCUT2D eigenvalue weighted by Gasteiger charge is 2.49. The minimum atomic E-state index is -3.47. The molecule has 1 saturated carbocycles. The topological polar surface area (TPSA) is 58.7 Å². The zero-order valence-electron chi connectivity index (χ0n) is 11.8. The van der Waals surface area contributed by atoms with Crippen molar-refractivity contribution in [1.29, 1.82) is 0 Å². The van der Waals surface area contributed by atoms with Crippen LogP contribution in [0.3, 0.4) is 0 Å². The molecular formula is C15H21NO3S. The van der Waals surface area contributed by atoms with Gasteiger partial charge in [-0.05, 0) is 31.9 Å². The van der Waals surface area contributed by atoms with Gasteiger partial charge in [-0.3, -0.25) is 0 Å². The molecule has 1 heterocycles. The smallest absolute Gasteiger partial charge is 0.241 e. The number of ether oxygens (including phenoxy) is 1. The summed E-state index contributed by atoms with van der Waals surface area (Å²) >= 11 is 0. The van der Waals surface area contributed by atoms with Crippen LogP contribution in [0.1, 0.15) is 37.7 Å². The molecule has 1 aliphatic heterocycles. The molecule has 5 heteroatoms. The van der Waals surface area contributed by atoms with E-state index < -0.39 is 10.0 Å². The lowest BCUT2D eigenvalue weighted by Crippen LogP contribution is -2.53. The number of epoxide rings is 1. The van der Waals surface area contributed by atoms with E-state index in [9.17, 15) is 8.42 Å². The van der Waals surface area contributed by atoms with Crippen LogP contribution in [0.2, 0.25) is 0 Å². The van der Waals surface area contributed by atoms with Crippen LogP contribution < -0.4 is 4.72 Å². The molecule has 2 aliphatic rings. The van der Waals surface area contributed by atoms with Crippen molar-refractivity contribution in [2.24, 2.45) is 0 Å². The molecule has 110 valence electrons. The molecular weight excluding hydrogens is 274 g/mol. The first-order valence-electron chi connectivity index (χ1n) is 7.24. The fourth-order valence-corrected chi connectivity index (χ4v) is 4.57. The van der Waals surface area contributed by atoms with Gasteiger partial charge < -0.3 is 4.74 Å². The van der Waals surface area contributed by atoms with Crippen LogP contribution in [0, 0.1) is 6.92 Å². The third-order valence-corrected chi connectivity index (χ3v) is 5.93. The molecule has 0 aromatic heterocycles. The van der Waals surface area contributed by atoms with E-state index in [0.717, 1.165) is 31.2 Å². The standard InChI is InChI=1S/C15H21NO3S/c1-12-5-7-13(8-6-12)20(17,18)16-15(14-11-19-14)9-3-2-4-10-15/h5-8,14,16H,2-4,9-11H2,1H3. The third kappa shape index (κ3) is 2.75. The summed E-state index contributed by atoms with van der Waals surface area (Å²) in [5.41, 5.74) is 0.670. The Bertz CT molecular complexity index is 570. The minimum Gasteiger partial charge on any atom is -0.371 e. The summed E-state index contributed by atoms with van der Waals surface area (Å²) < 4.78 is 33.5. The highest BCUT2D eigenvalue weighted by atomic mass is 32.2. The first-order chi connectivity index (χ1) is 9.52. The molecule has 1 atom stereocenters. The molecule has 4 nitrogen and oxygen atoms in total. The second kappa shape index (κ2) is 5.13. The normalized spacial score (nSPS) is 25.4. The number of aryl methyl sites for hydroxylation is 1. The largest absolute Gasteiger partial charge is 0.371 e. The summed E-state index contributed by atoms with van der Waals surface area (Å²) in [6.45, 7) is 2.63. The van der Waals surface area contributed by atoms with E-state index in [1.807, 2.05) is 19.1 Å². The maximum absolute atomic E-state index is 12.6. The van der Waals surface area contributed by atoms with Crippen LogP contribution in [0.4, 0.5) is 0 Å². The van der Waals surface area contributed by atoms with Gasteiger partial charge in [0.1, 0.15) is 6.10 Å². The van der Waals surface area contributed by atoms with Crippen LogP contribution in [-0.4, -0.2) is 26.7 Å². The van der Waals surface area contributed by atoms with E-state index in [4.69, 9.17) is 4.74 Å². The van der Waals surface area contributed by atoms with Crippen molar-refractivity contribution in [2.75, 3.05) is 6.61 Å². The third-order valence-electron chi connectivity index (χ3n) is 4.36. The van der Waals surface area contributed by atoms with Gasteiger partial charge in [0, 0.05) is 0 Å². The molecule has 0 amide bonds. The van der Waals surface area contributed by atoms with Crippen molar-refractivity contribution in [3.05, 3.63) is 29.8 Å². The predicted octanol–water partition coefficient (Wildman–Crippen LogP) is 2.38. The Morgan fingerprint density at radius 3 is 2.30 bits per heavy atom. The quantitative estimate of drug-likeness (QED) is 0.868. The Morgan fingerprint density at radius 1 is 1.15 bits per heavy atom. The van der Waals surface area contributed by atoms with E-state index in [1.54, 1.807) is 12.1 Å². The van der Waals surface area contributed by atoms with Crippen molar-refractivity contribution in [3.8, 4) is 0 Å². The Morgan fingerprint density at radius 2 is 1.75 bits per heavy atom. The summed E-state index contributed by atoms with van der Waals surface area (Å²) in [5, 5.41) is 0. The minimum absolute atomic E-state index is 0.0584. The lowest BCUT2D eigenvalue weighted by atomic mass is 9.80. The van der Waals surface area contributed by atoms with Crippen molar-refractivity contribution in [2.45, 2.75) is 55.6 Å². The monoisotopic (exact) mass is 295 g/mol. The second-order valence-corrected chi connectivity index (χ2v) is 7.64. The maximum Gasteiger partial charge on any atom is 0.241 e. The van der Waals surface area contributed by atoms with Crippen LogP contribution in [0.25, 0.3) is 0 Å². The fourth-order valence-electron chi connectivity index (χ4n) is 3.08. The van der Waals surface area contributed by atoms with Gasteiger partial charge in [-0.2, -0.15) is 0 Å². The number of sulfonamides is 1.